The Morgan fingerprint density at radius 1 is 1.19 bits per heavy atom. The Morgan fingerprint density at radius 2 is 1.92 bits per heavy atom. The zero-order valence-corrected chi connectivity index (χ0v) is 13.7. The van der Waals surface area contributed by atoms with Crippen LogP contribution in [0.5, 0.6) is 5.88 Å². The summed E-state index contributed by atoms with van der Waals surface area (Å²) in [6.07, 6.45) is -2.82. The molecule has 0 bridgehead atoms. The van der Waals surface area contributed by atoms with E-state index in [0.717, 1.165) is 5.56 Å². The quantitative estimate of drug-likeness (QED) is 0.701. The van der Waals surface area contributed by atoms with Gasteiger partial charge in [0.15, 0.2) is 6.61 Å². The summed E-state index contributed by atoms with van der Waals surface area (Å²) >= 11 is 0. The number of halogens is 3. The van der Waals surface area contributed by atoms with E-state index in [1.807, 2.05) is 30.3 Å². The molecule has 2 amide bonds. The predicted molar refractivity (Wildman–Crippen MR) is 89.0 cm³/mol. The monoisotopic (exact) mass is 369 g/mol. The van der Waals surface area contributed by atoms with Crippen LogP contribution in [0.2, 0.25) is 0 Å². The SMILES string of the molecule is O=C(Nc1ccc(OCC(F)(F)F)nc1)NC(CO)Cc1ccccc1. The van der Waals surface area contributed by atoms with E-state index in [1.54, 1.807) is 0 Å². The highest BCUT2D eigenvalue weighted by molar-refractivity contribution is 5.89. The number of urea groups is 1. The van der Waals surface area contributed by atoms with Crippen LogP contribution in [-0.2, 0) is 6.42 Å². The second-order valence-corrected chi connectivity index (χ2v) is 5.46. The Kier molecular flexibility index (Phi) is 6.79. The largest absolute Gasteiger partial charge is 0.468 e. The number of aliphatic hydroxyl groups is 1. The molecule has 0 aliphatic carbocycles. The van der Waals surface area contributed by atoms with Crippen molar-refractivity contribution in [3.8, 4) is 5.88 Å². The van der Waals surface area contributed by atoms with Crippen molar-refractivity contribution in [3.05, 3.63) is 54.2 Å². The molecule has 0 spiro atoms. The summed E-state index contributed by atoms with van der Waals surface area (Å²) in [4.78, 5) is 15.7. The number of rotatable bonds is 7. The summed E-state index contributed by atoms with van der Waals surface area (Å²) in [6, 6.07) is 10.9. The third-order valence-electron chi connectivity index (χ3n) is 3.26. The molecular weight excluding hydrogens is 351 g/mol. The lowest BCUT2D eigenvalue weighted by molar-refractivity contribution is -0.154. The molecule has 0 saturated carbocycles. The maximum Gasteiger partial charge on any atom is 0.422 e. The molecule has 2 aromatic rings. The minimum Gasteiger partial charge on any atom is -0.468 e. The maximum atomic E-state index is 12.1. The molecule has 2 rings (SSSR count). The summed E-state index contributed by atoms with van der Waals surface area (Å²) in [6.45, 7) is -1.68. The van der Waals surface area contributed by atoms with E-state index in [0.29, 0.717) is 6.42 Å². The van der Waals surface area contributed by atoms with Crippen LogP contribution in [0.1, 0.15) is 5.56 Å². The van der Waals surface area contributed by atoms with Gasteiger partial charge in [0.2, 0.25) is 5.88 Å². The Balaban J connectivity index is 1.84. The van der Waals surface area contributed by atoms with E-state index in [9.17, 15) is 23.1 Å². The molecule has 0 radical (unpaired) electrons. The smallest absolute Gasteiger partial charge is 0.422 e. The molecule has 3 N–H and O–H groups in total. The van der Waals surface area contributed by atoms with Gasteiger partial charge in [-0.3, -0.25) is 0 Å². The third-order valence-corrected chi connectivity index (χ3v) is 3.26. The molecule has 0 aliphatic heterocycles. The first-order valence-corrected chi connectivity index (χ1v) is 7.73. The fourth-order valence-corrected chi connectivity index (χ4v) is 2.11. The summed E-state index contributed by atoms with van der Waals surface area (Å²) in [7, 11) is 0. The molecule has 1 atom stereocenters. The molecular formula is C17H18F3N3O3. The lowest BCUT2D eigenvalue weighted by atomic mass is 10.1. The number of nitrogens with zero attached hydrogens (tertiary/aromatic N) is 1. The van der Waals surface area contributed by atoms with Crippen molar-refractivity contribution in [2.45, 2.75) is 18.6 Å². The number of benzene rings is 1. The first-order chi connectivity index (χ1) is 12.4. The van der Waals surface area contributed by atoms with Gasteiger partial charge < -0.3 is 20.5 Å². The van der Waals surface area contributed by atoms with Gasteiger partial charge in [0.05, 0.1) is 24.5 Å². The van der Waals surface area contributed by atoms with Gasteiger partial charge in [-0.2, -0.15) is 13.2 Å². The fraction of sp³-hybridized carbons (Fsp3) is 0.294. The van der Waals surface area contributed by atoms with Crippen molar-refractivity contribution in [1.82, 2.24) is 10.3 Å². The highest BCUT2D eigenvalue weighted by Gasteiger charge is 2.28. The molecule has 6 nitrogen and oxygen atoms in total. The normalized spacial score (nSPS) is 12.3. The lowest BCUT2D eigenvalue weighted by Crippen LogP contribution is -2.41. The van der Waals surface area contributed by atoms with Crippen molar-refractivity contribution in [2.75, 3.05) is 18.5 Å². The number of alkyl halides is 3. The summed E-state index contributed by atoms with van der Waals surface area (Å²) in [5.74, 6) is -0.203. The topological polar surface area (TPSA) is 83.5 Å². The van der Waals surface area contributed by atoms with E-state index in [1.165, 1.54) is 18.3 Å². The van der Waals surface area contributed by atoms with Gasteiger partial charge in [0.25, 0.3) is 0 Å². The number of pyridine rings is 1. The number of nitrogens with one attached hydrogen (secondary N) is 2. The van der Waals surface area contributed by atoms with Crippen LogP contribution >= 0.6 is 0 Å². The van der Waals surface area contributed by atoms with Gasteiger partial charge in [0, 0.05) is 6.07 Å². The summed E-state index contributed by atoms with van der Waals surface area (Å²) in [5.41, 5.74) is 1.23. The molecule has 1 unspecified atom stereocenters. The number of hydrogen-bond donors (Lipinski definition) is 3. The van der Waals surface area contributed by atoms with Crippen molar-refractivity contribution < 1.29 is 27.8 Å². The van der Waals surface area contributed by atoms with Crippen LogP contribution in [0.15, 0.2) is 48.7 Å². The van der Waals surface area contributed by atoms with Gasteiger partial charge in [-0.25, -0.2) is 9.78 Å². The van der Waals surface area contributed by atoms with Crippen molar-refractivity contribution >= 4 is 11.7 Å². The molecule has 26 heavy (non-hydrogen) atoms. The molecule has 0 aliphatic rings. The van der Waals surface area contributed by atoms with Crippen LogP contribution in [0.3, 0.4) is 0 Å². The van der Waals surface area contributed by atoms with Gasteiger partial charge >= 0.3 is 12.2 Å². The zero-order valence-electron chi connectivity index (χ0n) is 13.7. The molecule has 140 valence electrons. The van der Waals surface area contributed by atoms with Crippen LogP contribution in [0, 0.1) is 0 Å². The number of ether oxygens (including phenoxy) is 1. The summed E-state index contributed by atoms with van der Waals surface area (Å²) < 4.78 is 40.7. The van der Waals surface area contributed by atoms with E-state index in [-0.39, 0.29) is 18.2 Å². The van der Waals surface area contributed by atoms with Gasteiger partial charge in [-0.15, -0.1) is 0 Å². The van der Waals surface area contributed by atoms with Crippen molar-refractivity contribution in [3.63, 3.8) is 0 Å². The van der Waals surface area contributed by atoms with E-state index in [2.05, 4.69) is 20.4 Å². The molecule has 0 fully saturated rings. The van der Waals surface area contributed by atoms with Crippen LogP contribution < -0.4 is 15.4 Å². The minimum absolute atomic E-state index is 0.203. The number of hydrogen-bond acceptors (Lipinski definition) is 4. The number of amides is 2. The van der Waals surface area contributed by atoms with Crippen LogP contribution in [0.4, 0.5) is 23.7 Å². The number of carbonyl (C=O) groups is 1. The molecule has 1 aromatic heterocycles. The van der Waals surface area contributed by atoms with Crippen LogP contribution in [-0.4, -0.2) is 41.6 Å². The van der Waals surface area contributed by atoms with Crippen molar-refractivity contribution in [1.29, 1.82) is 0 Å². The molecule has 1 heterocycles. The summed E-state index contributed by atoms with van der Waals surface area (Å²) in [5, 5.41) is 14.5. The zero-order chi connectivity index (χ0) is 19.0. The van der Waals surface area contributed by atoms with E-state index in [4.69, 9.17) is 0 Å². The lowest BCUT2D eigenvalue weighted by Gasteiger charge is -2.17. The first kappa shape index (κ1) is 19.5. The van der Waals surface area contributed by atoms with Crippen LogP contribution in [0.25, 0.3) is 0 Å². The Morgan fingerprint density at radius 3 is 2.50 bits per heavy atom. The second-order valence-electron chi connectivity index (χ2n) is 5.46. The number of anilines is 1. The maximum absolute atomic E-state index is 12.1. The second kappa shape index (κ2) is 9.04. The van der Waals surface area contributed by atoms with Gasteiger partial charge in [-0.05, 0) is 18.1 Å². The van der Waals surface area contributed by atoms with Gasteiger partial charge in [-0.1, -0.05) is 30.3 Å². The number of aliphatic hydroxyl groups excluding tert-OH is 1. The molecule has 1 aromatic carbocycles. The number of aromatic nitrogens is 1. The van der Waals surface area contributed by atoms with Gasteiger partial charge in [0.1, 0.15) is 0 Å². The predicted octanol–water partition coefficient (Wildman–Crippen LogP) is 2.75. The first-order valence-electron chi connectivity index (χ1n) is 7.73. The minimum atomic E-state index is -4.45. The highest BCUT2D eigenvalue weighted by atomic mass is 19.4. The average Bonchev–Trinajstić information content (AvgIpc) is 2.60. The Bertz CT molecular complexity index is 694. The van der Waals surface area contributed by atoms with E-state index < -0.39 is 24.9 Å². The molecule has 9 heteroatoms. The Hall–Kier alpha value is -2.81. The standard InChI is InChI=1S/C17H18F3N3O3/c18-17(19,20)11-26-15-7-6-13(9-21-15)22-16(25)23-14(10-24)8-12-4-2-1-3-5-12/h1-7,9,14,24H,8,10-11H2,(H2,22,23,25). The highest BCUT2D eigenvalue weighted by Crippen LogP contribution is 2.18. The third kappa shape index (κ3) is 6.98. The van der Waals surface area contributed by atoms with E-state index >= 15 is 0 Å². The van der Waals surface area contributed by atoms with Crippen molar-refractivity contribution in [2.24, 2.45) is 0 Å². The Labute approximate surface area is 148 Å². The average molecular weight is 369 g/mol. The molecule has 0 saturated heterocycles. The number of carbonyl (C=O) groups excluding carboxylic acids is 1. The fourth-order valence-electron chi connectivity index (χ4n) is 2.11.